The van der Waals surface area contributed by atoms with Gasteiger partial charge in [-0.1, -0.05) is 110 Å². The molecule has 0 unspecified atom stereocenters. The smallest absolute Gasteiger partial charge is 0.673 e. The van der Waals surface area contributed by atoms with E-state index in [2.05, 4.69) is 92.3 Å². The van der Waals surface area contributed by atoms with Crippen LogP contribution < -0.4 is 69.7 Å². The largest absolute Gasteiger partial charge is 0.851 e. The molecule has 12 N–H and O–H groups in total. The van der Waals surface area contributed by atoms with E-state index in [4.69, 9.17) is 0 Å². The molecule has 0 aliphatic rings. The molecule has 0 saturated carbocycles. The fourth-order valence-corrected chi connectivity index (χ4v) is 10.7. The molecule has 282 valence electrons. The van der Waals surface area contributed by atoms with E-state index in [1.165, 1.54) is 51.4 Å². The van der Waals surface area contributed by atoms with Crippen LogP contribution in [0.2, 0.25) is 0 Å². The predicted octanol–water partition coefficient (Wildman–Crippen LogP) is 3.63. The summed E-state index contributed by atoms with van der Waals surface area (Å²) < 4.78 is 39.0. The van der Waals surface area contributed by atoms with E-state index >= 15 is 0 Å². The van der Waals surface area contributed by atoms with Crippen LogP contribution in [0.15, 0.2) is 30.3 Å². The molecule has 0 bridgehead atoms. The van der Waals surface area contributed by atoms with Gasteiger partial charge in [0.05, 0.1) is 24.6 Å². The van der Waals surface area contributed by atoms with Crippen LogP contribution in [0.5, 0.6) is 0 Å². The molecule has 0 heterocycles. The molecule has 0 radical (unpaired) electrons. The minimum atomic E-state index is -6.00. The van der Waals surface area contributed by atoms with Crippen molar-refractivity contribution in [2.75, 3.05) is 52.8 Å². The molecule has 0 atom stereocenters. The molecule has 1 aromatic rings. The van der Waals surface area contributed by atoms with Gasteiger partial charge in [0.25, 0.3) is 0 Å². The summed E-state index contributed by atoms with van der Waals surface area (Å²) in [6.45, 7) is 9.31. The number of benzene rings is 1. The maximum atomic E-state index is 10.1. The number of unbranched alkanes of at least 4 members (excludes halogenated alkanes) is 4. The van der Waals surface area contributed by atoms with Gasteiger partial charge in [-0.2, -0.15) is 22.1 Å². The lowest BCUT2D eigenvalue weighted by atomic mass is 10.2. The van der Waals surface area contributed by atoms with E-state index in [9.17, 15) is 22.4 Å². The molecule has 20 heteroatoms. The summed E-state index contributed by atoms with van der Waals surface area (Å²) in [4.78, 5) is 0. The number of halogens is 4. The summed E-state index contributed by atoms with van der Waals surface area (Å²) >= 11 is 0. The highest BCUT2D eigenvalue weighted by Crippen LogP contribution is 2.61. The van der Waals surface area contributed by atoms with Crippen molar-refractivity contribution in [2.24, 2.45) is 0 Å². The first kappa shape index (κ1) is 50.7. The Labute approximate surface area is 283 Å². The van der Waals surface area contributed by atoms with E-state index in [1.54, 1.807) is 52.8 Å². The van der Waals surface area contributed by atoms with Crippen LogP contribution in [0, 0.1) is 0 Å². The van der Waals surface area contributed by atoms with Crippen molar-refractivity contribution >= 4 is 22.4 Å². The van der Waals surface area contributed by atoms with Gasteiger partial charge in [-0.15, -0.1) is 6.61 Å². The first-order chi connectivity index (χ1) is 22.4. The molecule has 13 nitrogen and oxygen atoms in total. The highest BCUT2D eigenvalue weighted by Gasteiger charge is 2.40. The standard InChI is InChI=1S/C16H36P.C7H7O.C4H24N12P.BF4/c1-5-9-13-17(14-10-6-2,15-11-7-3)16-12-8-4;8-6-7-4-2-1-3-5-7;1-5-9-13-17(14-10-6-2,15-11-7-3)16-12-8-4;2-1(3,4)5/h5-16H2,1-4H3;1-5H,6H2;5-16H,1-4H3;/q+1;-1;+1;-1. The number of nitrogens with one attached hydrogen (secondary N) is 12. The zero-order valence-corrected chi connectivity index (χ0v) is 31.8. The van der Waals surface area contributed by atoms with Gasteiger partial charge in [0.15, 0.2) is 0 Å². The second-order valence-electron chi connectivity index (χ2n) is 10.4. The Hall–Kier alpha value is -0.655. The highest BCUT2D eigenvalue weighted by atomic mass is 31.2. The first-order valence-corrected chi connectivity index (χ1v) is 20.7. The number of rotatable bonds is 25. The summed E-state index contributed by atoms with van der Waals surface area (Å²) in [5.74, 6) is 0. The van der Waals surface area contributed by atoms with Gasteiger partial charge in [0.1, 0.15) is 0 Å². The summed E-state index contributed by atoms with van der Waals surface area (Å²) in [7, 11) is -1.86. The Morgan fingerprint density at radius 2 is 0.830 bits per heavy atom. The normalized spacial score (nSPS) is 11.5. The average molecular weight is 725 g/mol. The van der Waals surface area contributed by atoms with Gasteiger partial charge in [-0.05, 0) is 53.9 Å². The van der Waals surface area contributed by atoms with Gasteiger partial charge in [-0.25, -0.2) is 21.7 Å². The lowest BCUT2D eigenvalue weighted by molar-refractivity contribution is -0.386. The van der Waals surface area contributed by atoms with E-state index in [0.717, 1.165) is 5.56 Å². The molecule has 0 spiro atoms. The molecule has 0 aromatic heterocycles. The van der Waals surface area contributed by atoms with Crippen LogP contribution in [0.4, 0.5) is 17.3 Å². The van der Waals surface area contributed by atoms with Crippen molar-refractivity contribution in [2.45, 2.75) is 85.7 Å². The Kier molecular flexibility index (Phi) is 38.0. The van der Waals surface area contributed by atoms with Crippen molar-refractivity contribution in [1.29, 1.82) is 0 Å². The topological polar surface area (TPSA) is 167 Å². The highest BCUT2D eigenvalue weighted by molar-refractivity contribution is 7.75. The quantitative estimate of drug-likeness (QED) is 0.0306. The van der Waals surface area contributed by atoms with Crippen LogP contribution in [-0.2, 0) is 6.61 Å². The van der Waals surface area contributed by atoms with Crippen molar-refractivity contribution in [3.63, 3.8) is 0 Å². The molecule has 0 amide bonds. The SMILES string of the molecule is CCCC[P+](CCCC)(CCCC)CCCC.CNNN[P+](NNNC)(NNNC)NNNC.F[B-](F)(F)F.[O-]Cc1ccccc1. The number of hydrazine groups is 8. The van der Waals surface area contributed by atoms with Crippen molar-refractivity contribution in [3.05, 3.63) is 35.9 Å². The maximum Gasteiger partial charge on any atom is 0.673 e. The minimum Gasteiger partial charge on any atom is -0.851 e. The van der Waals surface area contributed by atoms with Crippen LogP contribution in [0.1, 0.15) is 84.6 Å². The van der Waals surface area contributed by atoms with E-state index in [-0.39, 0.29) is 6.61 Å². The summed E-state index contributed by atoms with van der Waals surface area (Å²) in [5, 5.41) is 22.1. The molecular formula is C27H67BF4N12OP2. The first-order valence-electron chi connectivity index (χ1n) is 16.4. The molecule has 0 aliphatic carbocycles. The lowest BCUT2D eigenvalue weighted by Gasteiger charge is -2.28. The van der Waals surface area contributed by atoms with Crippen LogP contribution in [0.3, 0.4) is 0 Å². The van der Waals surface area contributed by atoms with Gasteiger partial charge < -0.3 is 22.4 Å². The molecule has 1 rings (SSSR count). The third-order valence-electron chi connectivity index (χ3n) is 6.35. The zero-order chi connectivity index (χ0) is 36.3. The minimum absolute atomic E-state index is 0.110. The van der Waals surface area contributed by atoms with Gasteiger partial charge in [0, 0.05) is 7.26 Å². The Morgan fingerprint density at radius 3 is 1.02 bits per heavy atom. The van der Waals surface area contributed by atoms with E-state index in [1.807, 2.05) is 30.3 Å². The number of hydrogen-bond acceptors (Lipinski definition) is 13. The Morgan fingerprint density at radius 1 is 0.553 bits per heavy atom. The van der Waals surface area contributed by atoms with Gasteiger partial charge >= 0.3 is 15.1 Å². The summed E-state index contributed by atoms with van der Waals surface area (Å²) in [6, 6.07) is 9.29. The molecule has 47 heavy (non-hydrogen) atoms. The van der Waals surface area contributed by atoms with Crippen LogP contribution in [0.25, 0.3) is 0 Å². The van der Waals surface area contributed by atoms with Gasteiger partial charge in [-0.3, -0.25) is 0 Å². The number of hydrogen-bond donors (Lipinski definition) is 12. The monoisotopic (exact) mass is 725 g/mol. The van der Waals surface area contributed by atoms with Crippen molar-refractivity contribution < 1.29 is 22.4 Å². The molecule has 0 saturated heterocycles. The lowest BCUT2D eigenvalue weighted by Crippen LogP contribution is -2.64. The Bertz CT molecular complexity index is 655. The van der Waals surface area contributed by atoms with Crippen molar-refractivity contribution in [1.82, 2.24) is 64.6 Å². The zero-order valence-electron chi connectivity index (χ0n) is 30.0. The predicted molar refractivity (Wildman–Crippen MR) is 195 cm³/mol. The third-order valence-corrected chi connectivity index (χ3v) is 13.2. The second kappa shape index (κ2) is 35.2. The fraction of sp³-hybridized carbons (Fsp3) is 0.778. The van der Waals surface area contributed by atoms with E-state index < -0.39 is 22.4 Å². The van der Waals surface area contributed by atoms with Crippen LogP contribution in [-0.4, -0.2) is 60.1 Å². The summed E-state index contributed by atoms with van der Waals surface area (Å²) in [6.07, 6.45) is 17.9. The van der Waals surface area contributed by atoms with Crippen LogP contribution >= 0.6 is 15.1 Å². The third kappa shape index (κ3) is 35.0. The van der Waals surface area contributed by atoms with Crippen molar-refractivity contribution in [3.8, 4) is 0 Å². The van der Waals surface area contributed by atoms with E-state index in [0.29, 0.717) is 0 Å². The molecular weight excluding hydrogens is 657 g/mol. The second-order valence-corrected chi connectivity index (χ2v) is 17.1. The fourth-order valence-electron chi connectivity index (χ4n) is 3.95. The maximum absolute atomic E-state index is 10.1. The summed E-state index contributed by atoms with van der Waals surface area (Å²) in [5.41, 5.74) is 23.0. The van der Waals surface area contributed by atoms with Gasteiger partial charge in [0.2, 0.25) is 0 Å². The molecule has 1 aromatic carbocycles. The Balaban J connectivity index is -0.000000601. The average Bonchev–Trinajstić information content (AvgIpc) is 3.07. The molecule has 0 aliphatic heterocycles. The molecule has 0 fully saturated rings.